The highest BCUT2D eigenvalue weighted by Crippen LogP contribution is 2.17. The normalized spacial score (nSPS) is 17.8. The SMILES string of the molecule is S=c1oc(-c2ccco2)nn1C[NH+]1CCCCCCC1. The maximum absolute atomic E-state index is 5.52. The van der Waals surface area contributed by atoms with Gasteiger partial charge < -0.3 is 13.7 Å². The summed E-state index contributed by atoms with van der Waals surface area (Å²) in [5.74, 6) is 1.09. The first-order valence-electron chi connectivity index (χ1n) is 7.28. The van der Waals surface area contributed by atoms with E-state index in [1.54, 1.807) is 10.9 Å². The zero-order chi connectivity index (χ0) is 13.8. The van der Waals surface area contributed by atoms with Crippen LogP contribution in [0.25, 0.3) is 11.7 Å². The summed E-state index contributed by atoms with van der Waals surface area (Å²) in [6.07, 6.45) is 8.23. The summed E-state index contributed by atoms with van der Waals surface area (Å²) in [5.41, 5.74) is 0. The number of nitrogens with one attached hydrogen (secondary N) is 1. The number of hydrogen-bond donors (Lipinski definition) is 1. The third-order valence-corrected chi connectivity index (χ3v) is 4.07. The van der Waals surface area contributed by atoms with Crippen LogP contribution in [-0.2, 0) is 6.67 Å². The van der Waals surface area contributed by atoms with Crippen LogP contribution in [0.4, 0.5) is 0 Å². The van der Waals surface area contributed by atoms with Crippen molar-refractivity contribution >= 4 is 12.2 Å². The lowest BCUT2D eigenvalue weighted by molar-refractivity contribution is -0.924. The lowest BCUT2D eigenvalue weighted by atomic mass is 10.1. The highest BCUT2D eigenvalue weighted by atomic mass is 32.1. The first-order chi connectivity index (χ1) is 9.83. The van der Waals surface area contributed by atoms with Crippen LogP contribution in [0.15, 0.2) is 27.2 Å². The maximum Gasteiger partial charge on any atom is 0.292 e. The Morgan fingerprint density at radius 2 is 1.95 bits per heavy atom. The highest BCUT2D eigenvalue weighted by Gasteiger charge is 2.16. The predicted molar refractivity (Wildman–Crippen MR) is 76.8 cm³/mol. The zero-order valence-electron chi connectivity index (χ0n) is 11.5. The fourth-order valence-electron chi connectivity index (χ4n) is 2.68. The van der Waals surface area contributed by atoms with E-state index in [4.69, 9.17) is 21.1 Å². The van der Waals surface area contributed by atoms with Gasteiger partial charge in [-0.05, 0) is 50.0 Å². The summed E-state index contributed by atoms with van der Waals surface area (Å²) in [5, 5.41) is 4.43. The lowest BCUT2D eigenvalue weighted by Gasteiger charge is -2.20. The van der Waals surface area contributed by atoms with Crippen molar-refractivity contribution in [3.05, 3.63) is 23.2 Å². The van der Waals surface area contributed by atoms with E-state index in [0.29, 0.717) is 16.5 Å². The van der Waals surface area contributed by atoms with E-state index in [2.05, 4.69) is 5.10 Å². The molecule has 20 heavy (non-hydrogen) atoms. The van der Waals surface area contributed by atoms with Crippen molar-refractivity contribution in [1.29, 1.82) is 0 Å². The van der Waals surface area contributed by atoms with Crippen LogP contribution in [0.2, 0.25) is 0 Å². The fourth-order valence-corrected chi connectivity index (χ4v) is 2.87. The van der Waals surface area contributed by atoms with Gasteiger partial charge in [-0.3, -0.25) is 0 Å². The van der Waals surface area contributed by atoms with Gasteiger partial charge in [-0.25, -0.2) is 0 Å². The third-order valence-electron chi connectivity index (χ3n) is 3.77. The van der Waals surface area contributed by atoms with Crippen molar-refractivity contribution in [2.45, 2.75) is 38.8 Å². The predicted octanol–water partition coefficient (Wildman–Crippen LogP) is 2.27. The molecule has 3 rings (SSSR count). The van der Waals surface area contributed by atoms with Crippen LogP contribution in [0.5, 0.6) is 0 Å². The molecule has 1 saturated heterocycles. The lowest BCUT2D eigenvalue weighted by Crippen LogP contribution is -3.11. The van der Waals surface area contributed by atoms with Crippen LogP contribution >= 0.6 is 12.2 Å². The molecule has 0 spiro atoms. The fraction of sp³-hybridized carbons (Fsp3) is 0.571. The number of aromatic nitrogens is 2. The van der Waals surface area contributed by atoms with Gasteiger partial charge >= 0.3 is 0 Å². The summed E-state index contributed by atoms with van der Waals surface area (Å²) in [6, 6.07) is 3.64. The summed E-state index contributed by atoms with van der Waals surface area (Å²) >= 11 is 5.25. The molecule has 2 aromatic rings. The smallest absolute Gasteiger partial charge is 0.292 e. The Kier molecular flexibility index (Phi) is 4.32. The molecule has 0 aliphatic carbocycles. The van der Waals surface area contributed by atoms with Crippen LogP contribution in [0.1, 0.15) is 32.1 Å². The molecule has 3 heterocycles. The topological polar surface area (TPSA) is 48.5 Å². The van der Waals surface area contributed by atoms with Crippen molar-refractivity contribution in [2.75, 3.05) is 13.1 Å². The van der Waals surface area contributed by atoms with E-state index in [9.17, 15) is 0 Å². The minimum absolute atomic E-state index is 0.422. The second-order valence-electron chi connectivity index (χ2n) is 5.33. The standard InChI is InChI=1S/C14H19N3O2S/c20-14-17(11-16-8-4-2-1-3-5-9-16)15-13(19-14)12-7-6-10-18-12/h6-7,10H,1-5,8-9,11H2/p+1. The Balaban J connectivity index is 1.72. The van der Waals surface area contributed by atoms with Crippen LogP contribution in [-0.4, -0.2) is 22.9 Å². The van der Waals surface area contributed by atoms with E-state index in [0.717, 1.165) is 6.67 Å². The minimum Gasteiger partial charge on any atom is -0.459 e. The molecule has 0 atom stereocenters. The number of quaternary nitrogens is 1. The van der Waals surface area contributed by atoms with E-state index >= 15 is 0 Å². The average molecular weight is 294 g/mol. The van der Waals surface area contributed by atoms with Crippen LogP contribution in [0, 0.1) is 4.84 Å². The third kappa shape index (κ3) is 3.19. The molecule has 2 aromatic heterocycles. The molecule has 0 amide bonds. The molecule has 6 heteroatoms. The van der Waals surface area contributed by atoms with Gasteiger partial charge in [-0.15, -0.1) is 5.10 Å². The molecular formula is C14H20N3O2S+. The second kappa shape index (κ2) is 6.37. The average Bonchev–Trinajstić information content (AvgIpc) is 3.02. The van der Waals surface area contributed by atoms with Crippen molar-refractivity contribution < 1.29 is 13.7 Å². The van der Waals surface area contributed by atoms with Crippen molar-refractivity contribution in [1.82, 2.24) is 9.78 Å². The number of furan rings is 1. The maximum atomic E-state index is 5.52. The molecule has 5 nitrogen and oxygen atoms in total. The van der Waals surface area contributed by atoms with Crippen molar-refractivity contribution in [3.63, 3.8) is 0 Å². The zero-order valence-corrected chi connectivity index (χ0v) is 12.3. The molecule has 1 N–H and O–H groups in total. The first-order valence-corrected chi connectivity index (χ1v) is 7.69. The second-order valence-corrected chi connectivity index (χ2v) is 5.68. The Labute approximate surface area is 123 Å². The van der Waals surface area contributed by atoms with Crippen molar-refractivity contribution in [3.8, 4) is 11.7 Å². The molecule has 1 fully saturated rings. The number of likely N-dealkylation sites (tertiary alicyclic amines) is 1. The van der Waals surface area contributed by atoms with Crippen molar-refractivity contribution in [2.24, 2.45) is 0 Å². The molecule has 1 aliphatic heterocycles. The Hall–Kier alpha value is -1.40. The number of hydrogen-bond acceptors (Lipinski definition) is 4. The molecule has 0 aromatic carbocycles. The van der Waals surface area contributed by atoms with Gasteiger partial charge in [-0.2, -0.15) is 4.68 Å². The largest absolute Gasteiger partial charge is 0.459 e. The van der Waals surface area contributed by atoms with Gasteiger partial charge in [0.2, 0.25) is 0 Å². The molecule has 0 radical (unpaired) electrons. The number of rotatable bonds is 3. The first kappa shape index (κ1) is 13.6. The van der Waals surface area contributed by atoms with Gasteiger partial charge in [0.05, 0.1) is 19.4 Å². The minimum atomic E-state index is 0.422. The van der Waals surface area contributed by atoms with Crippen LogP contribution in [0.3, 0.4) is 0 Å². The molecule has 0 saturated carbocycles. The summed E-state index contributed by atoms with van der Waals surface area (Å²) < 4.78 is 12.6. The summed E-state index contributed by atoms with van der Waals surface area (Å²) in [7, 11) is 0. The van der Waals surface area contributed by atoms with Crippen LogP contribution < -0.4 is 4.90 Å². The monoisotopic (exact) mass is 294 g/mol. The molecule has 0 bridgehead atoms. The Bertz CT molecular complexity index is 580. The molecule has 108 valence electrons. The molecule has 1 aliphatic rings. The van der Waals surface area contributed by atoms with Gasteiger partial charge in [0.1, 0.15) is 0 Å². The Morgan fingerprint density at radius 3 is 2.65 bits per heavy atom. The van der Waals surface area contributed by atoms with E-state index in [1.165, 1.54) is 50.1 Å². The Morgan fingerprint density at radius 1 is 1.20 bits per heavy atom. The molecular weight excluding hydrogens is 274 g/mol. The summed E-state index contributed by atoms with van der Waals surface area (Å²) in [6.45, 7) is 3.15. The van der Waals surface area contributed by atoms with Gasteiger partial charge in [0, 0.05) is 0 Å². The number of nitrogens with zero attached hydrogens (tertiary/aromatic N) is 2. The van der Waals surface area contributed by atoms with E-state index in [1.807, 2.05) is 12.1 Å². The molecule has 0 unspecified atom stereocenters. The highest BCUT2D eigenvalue weighted by molar-refractivity contribution is 7.71. The van der Waals surface area contributed by atoms with Gasteiger partial charge in [0.15, 0.2) is 12.4 Å². The van der Waals surface area contributed by atoms with E-state index < -0.39 is 0 Å². The van der Waals surface area contributed by atoms with Gasteiger partial charge in [-0.1, -0.05) is 6.42 Å². The van der Waals surface area contributed by atoms with Gasteiger partial charge in [0.25, 0.3) is 10.7 Å². The quantitative estimate of drug-likeness (QED) is 0.882. The summed E-state index contributed by atoms with van der Waals surface area (Å²) in [4.78, 5) is 1.95. The van der Waals surface area contributed by atoms with E-state index in [-0.39, 0.29) is 0 Å².